The molecule has 2 aromatic rings. The van der Waals surface area contributed by atoms with Gasteiger partial charge in [-0.15, -0.1) is 0 Å². The van der Waals surface area contributed by atoms with Crippen LogP contribution in [0.25, 0.3) is 11.3 Å². The van der Waals surface area contributed by atoms with Gasteiger partial charge in [0.2, 0.25) is 0 Å². The molecular weight excluding hydrogens is 230 g/mol. The molecule has 0 amide bonds. The number of rotatable bonds is 4. The van der Waals surface area contributed by atoms with Gasteiger partial charge in [0, 0.05) is 0 Å². The van der Waals surface area contributed by atoms with E-state index in [4.69, 9.17) is 14.4 Å². The van der Waals surface area contributed by atoms with E-state index in [0.717, 1.165) is 0 Å². The summed E-state index contributed by atoms with van der Waals surface area (Å²) < 4.78 is 10.8. The normalized spacial score (nSPS) is 9.78. The van der Waals surface area contributed by atoms with Crippen LogP contribution in [0.15, 0.2) is 34.9 Å². The number of aldehydes is 1. The Morgan fingerprint density at radius 1 is 1.44 bits per heavy atom. The molecule has 0 aliphatic heterocycles. The number of ether oxygens (including phenoxy) is 1. The van der Waals surface area contributed by atoms with Crippen LogP contribution >= 0.6 is 0 Å². The Hall–Kier alpha value is -2.54. The lowest BCUT2D eigenvalue weighted by Gasteiger charge is -2.08. The molecule has 0 spiro atoms. The summed E-state index contributed by atoms with van der Waals surface area (Å²) in [4.78, 5) is 11.1. The molecule has 0 aliphatic rings. The van der Waals surface area contributed by atoms with Crippen molar-refractivity contribution in [3.05, 3.63) is 41.7 Å². The molecule has 0 fully saturated rings. The standard InChI is InChI=1S/C14H11NO3/c1-2-17-13-6-4-3-5-11(13)14-12(8-16)10(7-15)9-18-14/h3-6,8-9H,2H2,1H3. The third-order valence-corrected chi connectivity index (χ3v) is 2.50. The molecule has 0 radical (unpaired) electrons. The summed E-state index contributed by atoms with van der Waals surface area (Å²) in [7, 11) is 0. The van der Waals surface area contributed by atoms with Gasteiger partial charge in [0.1, 0.15) is 29.4 Å². The van der Waals surface area contributed by atoms with Crippen molar-refractivity contribution in [3.8, 4) is 23.1 Å². The highest BCUT2D eigenvalue weighted by Gasteiger charge is 2.17. The largest absolute Gasteiger partial charge is 0.493 e. The molecule has 0 unspecified atom stereocenters. The summed E-state index contributed by atoms with van der Waals surface area (Å²) in [5.74, 6) is 0.993. The van der Waals surface area contributed by atoms with Crippen LogP contribution in [0.2, 0.25) is 0 Å². The van der Waals surface area contributed by atoms with Crippen LogP contribution in [0.3, 0.4) is 0 Å². The molecule has 2 rings (SSSR count). The van der Waals surface area contributed by atoms with Gasteiger partial charge in [0.15, 0.2) is 6.29 Å². The first-order valence-electron chi connectivity index (χ1n) is 5.50. The van der Waals surface area contributed by atoms with Gasteiger partial charge in [0.25, 0.3) is 0 Å². The number of nitriles is 1. The van der Waals surface area contributed by atoms with Gasteiger partial charge < -0.3 is 9.15 Å². The van der Waals surface area contributed by atoms with Gasteiger partial charge in [0.05, 0.1) is 17.7 Å². The smallest absolute Gasteiger partial charge is 0.155 e. The number of hydrogen-bond acceptors (Lipinski definition) is 4. The van der Waals surface area contributed by atoms with Gasteiger partial charge in [-0.1, -0.05) is 12.1 Å². The average Bonchev–Trinajstić information content (AvgIpc) is 2.82. The van der Waals surface area contributed by atoms with Crippen molar-refractivity contribution in [3.63, 3.8) is 0 Å². The Morgan fingerprint density at radius 2 is 2.22 bits per heavy atom. The zero-order chi connectivity index (χ0) is 13.0. The van der Waals surface area contributed by atoms with Crippen LogP contribution in [0.4, 0.5) is 0 Å². The van der Waals surface area contributed by atoms with Gasteiger partial charge in [-0.2, -0.15) is 5.26 Å². The van der Waals surface area contributed by atoms with E-state index in [1.165, 1.54) is 6.26 Å². The van der Waals surface area contributed by atoms with Crippen LogP contribution in [-0.4, -0.2) is 12.9 Å². The van der Waals surface area contributed by atoms with Gasteiger partial charge in [-0.25, -0.2) is 0 Å². The Labute approximate surface area is 104 Å². The fraction of sp³-hybridized carbons (Fsp3) is 0.143. The highest BCUT2D eigenvalue weighted by Crippen LogP contribution is 2.33. The maximum Gasteiger partial charge on any atom is 0.155 e. The SMILES string of the molecule is CCOc1ccccc1-c1occ(C#N)c1C=O. The lowest BCUT2D eigenvalue weighted by atomic mass is 10.1. The molecule has 0 atom stereocenters. The van der Waals surface area contributed by atoms with E-state index in [-0.39, 0.29) is 11.1 Å². The summed E-state index contributed by atoms with van der Waals surface area (Å²) in [5, 5.41) is 8.88. The number of hydrogen-bond donors (Lipinski definition) is 0. The van der Waals surface area contributed by atoms with Crippen molar-refractivity contribution >= 4 is 6.29 Å². The van der Waals surface area contributed by atoms with Crippen LogP contribution in [-0.2, 0) is 0 Å². The van der Waals surface area contributed by atoms with Crippen molar-refractivity contribution in [2.24, 2.45) is 0 Å². The minimum atomic E-state index is 0.228. The van der Waals surface area contributed by atoms with E-state index >= 15 is 0 Å². The first-order chi connectivity index (χ1) is 8.81. The van der Waals surface area contributed by atoms with E-state index in [0.29, 0.717) is 30.0 Å². The lowest BCUT2D eigenvalue weighted by molar-refractivity contribution is 0.112. The molecular formula is C14H11NO3. The Bertz CT molecular complexity index is 608. The maximum absolute atomic E-state index is 11.1. The fourth-order valence-corrected chi connectivity index (χ4v) is 1.71. The fourth-order valence-electron chi connectivity index (χ4n) is 1.71. The number of carbonyl (C=O) groups is 1. The Kier molecular flexibility index (Phi) is 3.44. The number of furan rings is 1. The zero-order valence-corrected chi connectivity index (χ0v) is 9.84. The van der Waals surface area contributed by atoms with E-state index in [1.807, 2.05) is 25.1 Å². The molecule has 1 heterocycles. The van der Waals surface area contributed by atoms with E-state index in [2.05, 4.69) is 0 Å². The first-order valence-corrected chi connectivity index (χ1v) is 5.50. The molecule has 4 heteroatoms. The zero-order valence-electron chi connectivity index (χ0n) is 9.84. The molecule has 18 heavy (non-hydrogen) atoms. The summed E-state index contributed by atoms with van der Waals surface area (Å²) >= 11 is 0. The van der Waals surface area contributed by atoms with Crippen molar-refractivity contribution in [1.29, 1.82) is 5.26 Å². The molecule has 0 aliphatic carbocycles. The van der Waals surface area contributed by atoms with Crippen molar-refractivity contribution in [2.45, 2.75) is 6.92 Å². The molecule has 90 valence electrons. The second-order valence-electron chi connectivity index (χ2n) is 3.55. The van der Waals surface area contributed by atoms with Crippen LogP contribution in [0, 0.1) is 11.3 Å². The molecule has 0 N–H and O–H groups in total. The van der Waals surface area contributed by atoms with Crippen molar-refractivity contribution in [1.82, 2.24) is 0 Å². The monoisotopic (exact) mass is 241 g/mol. The van der Waals surface area contributed by atoms with Gasteiger partial charge >= 0.3 is 0 Å². The Balaban J connectivity index is 2.59. The summed E-state index contributed by atoms with van der Waals surface area (Å²) in [6, 6.07) is 9.16. The van der Waals surface area contributed by atoms with Gasteiger partial charge in [-0.3, -0.25) is 4.79 Å². The summed E-state index contributed by atoms with van der Waals surface area (Å²) in [6.07, 6.45) is 1.90. The maximum atomic E-state index is 11.1. The topological polar surface area (TPSA) is 63.2 Å². The molecule has 0 saturated heterocycles. The van der Waals surface area contributed by atoms with Crippen molar-refractivity contribution in [2.75, 3.05) is 6.61 Å². The van der Waals surface area contributed by atoms with E-state index in [1.54, 1.807) is 12.1 Å². The van der Waals surface area contributed by atoms with Crippen molar-refractivity contribution < 1.29 is 13.9 Å². The molecule has 4 nitrogen and oxygen atoms in total. The Morgan fingerprint density at radius 3 is 2.89 bits per heavy atom. The average molecular weight is 241 g/mol. The minimum Gasteiger partial charge on any atom is -0.493 e. The predicted molar refractivity (Wildman–Crippen MR) is 65.4 cm³/mol. The van der Waals surface area contributed by atoms with Crippen LogP contribution in [0.5, 0.6) is 5.75 Å². The van der Waals surface area contributed by atoms with E-state index in [9.17, 15) is 4.79 Å². The summed E-state index contributed by atoms with van der Waals surface area (Å²) in [5.41, 5.74) is 1.15. The number of para-hydroxylation sites is 1. The summed E-state index contributed by atoms with van der Waals surface area (Å²) in [6.45, 7) is 2.39. The highest BCUT2D eigenvalue weighted by molar-refractivity contribution is 5.89. The molecule has 0 bridgehead atoms. The van der Waals surface area contributed by atoms with Gasteiger partial charge in [-0.05, 0) is 19.1 Å². The number of benzene rings is 1. The number of nitrogens with zero attached hydrogens (tertiary/aromatic N) is 1. The minimum absolute atomic E-state index is 0.228. The predicted octanol–water partition coefficient (Wildman–Crippen LogP) is 3.03. The molecule has 1 aromatic carbocycles. The third kappa shape index (κ3) is 1.98. The third-order valence-electron chi connectivity index (χ3n) is 2.50. The highest BCUT2D eigenvalue weighted by atomic mass is 16.5. The second kappa shape index (κ2) is 5.19. The van der Waals surface area contributed by atoms with Crippen LogP contribution < -0.4 is 4.74 Å². The number of carbonyl (C=O) groups excluding carboxylic acids is 1. The molecule has 1 aromatic heterocycles. The quantitative estimate of drug-likeness (QED) is 0.772. The first kappa shape index (κ1) is 11.9. The van der Waals surface area contributed by atoms with Crippen LogP contribution in [0.1, 0.15) is 22.8 Å². The van der Waals surface area contributed by atoms with E-state index < -0.39 is 0 Å². The second-order valence-corrected chi connectivity index (χ2v) is 3.55. The lowest BCUT2D eigenvalue weighted by Crippen LogP contribution is -1.94. The molecule has 0 saturated carbocycles.